The molecule has 0 rings (SSSR count). The number of esters is 1. The summed E-state index contributed by atoms with van der Waals surface area (Å²) in [4.78, 5) is 19.7. The Kier molecular flexibility index (Phi) is 9.13. The Balaban J connectivity index is -0.000000320. The van der Waals surface area contributed by atoms with E-state index in [1.54, 1.807) is 0 Å². The molecule has 0 aliphatic carbocycles. The molecule has 0 radical (unpaired) electrons. The van der Waals surface area contributed by atoms with Gasteiger partial charge in [-0.1, -0.05) is 0 Å². The first kappa shape index (κ1) is 12.7. The van der Waals surface area contributed by atoms with Gasteiger partial charge >= 0.3 is 35.5 Å². The summed E-state index contributed by atoms with van der Waals surface area (Å²) in [5, 5.41) is 0. The third kappa shape index (κ3) is 4.90. The number of alkyl halides is 1. The molecule has 10 heavy (non-hydrogen) atoms. The second kappa shape index (κ2) is 7.18. The maximum Gasteiger partial charge on any atom is 1.00 e. The van der Waals surface area contributed by atoms with Crippen molar-refractivity contribution in [3.8, 4) is 0 Å². The third-order valence-electron chi connectivity index (χ3n) is 0.631. The van der Waals surface area contributed by atoms with Crippen LogP contribution in [0.3, 0.4) is 0 Å². The Morgan fingerprint density at radius 3 is 2.70 bits per heavy atom. The summed E-state index contributed by atoms with van der Waals surface area (Å²) >= 11 is 0. The van der Waals surface area contributed by atoms with Gasteiger partial charge in [0.2, 0.25) is 0 Å². The summed E-state index contributed by atoms with van der Waals surface area (Å²) < 4.78 is 16.0. The van der Waals surface area contributed by atoms with E-state index < -0.39 is 12.1 Å². The van der Waals surface area contributed by atoms with E-state index in [1.807, 2.05) is 0 Å². The van der Waals surface area contributed by atoms with Crippen LogP contribution in [0.25, 0.3) is 0 Å². The molecule has 0 amide bonds. The van der Waals surface area contributed by atoms with E-state index >= 15 is 0 Å². The molecule has 3 nitrogen and oxygen atoms in total. The molecule has 1 atom stereocenters. The smallest absolute Gasteiger partial charge is 1.00 e. The average Bonchev–Trinajstić information content (AvgIpc) is 1.87. The van der Waals surface area contributed by atoms with E-state index in [9.17, 15) is 14.0 Å². The second-order valence-electron chi connectivity index (χ2n) is 1.29. The van der Waals surface area contributed by atoms with Gasteiger partial charge in [0.25, 0.3) is 6.17 Å². The SMILES string of the molecule is CCOC(=O)C(F)C=O.[H-].[Na+]. The predicted molar refractivity (Wildman–Crippen MR) is 28.7 cm³/mol. The maximum atomic E-state index is 11.9. The molecule has 0 aliphatic heterocycles. The number of aldehydes is 1. The normalized spacial score (nSPS) is 11.0. The van der Waals surface area contributed by atoms with Crippen molar-refractivity contribution in [2.24, 2.45) is 0 Å². The number of hydrogen-bond donors (Lipinski definition) is 0. The molecule has 0 N–H and O–H groups in total. The minimum absolute atomic E-state index is 0. The van der Waals surface area contributed by atoms with Crippen molar-refractivity contribution in [2.45, 2.75) is 13.1 Å². The topological polar surface area (TPSA) is 43.4 Å². The number of ether oxygens (including phenoxy) is 1. The zero-order valence-electron chi connectivity index (χ0n) is 6.96. The van der Waals surface area contributed by atoms with Crippen molar-refractivity contribution >= 4 is 12.3 Å². The Morgan fingerprint density at radius 2 is 2.40 bits per heavy atom. The van der Waals surface area contributed by atoms with E-state index in [2.05, 4.69) is 4.74 Å². The molecule has 1 unspecified atom stereocenters. The fraction of sp³-hybridized carbons (Fsp3) is 0.600. The van der Waals surface area contributed by atoms with Gasteiger partial charge < -0.3 is 6.16 Å². The Labute approximate surface area is 81.7 Å². The van der Waals surface area contributed by atoms with Crippen molar-refractivity contribution in [2.75, 3.05) is 6.61 Å². The van der Waals surface area contributed by atoms with Crippen LogP contribution in [-0.4, -0.2) is 25.0 Å². The van der Waals surface area contributed by atoms with Gasteiger partial charge in [0.05, 0.1) is 6.61 Å². The van der Waals surface area contributed by atoms with Crippen molar-refractivity contribution < 1.29 is 49.7 Å². The monoisotopic (exact) mass is 158 g/mol. The molecule has 0 aliphatic rings. The third-order valence-corrected chi connectivity index (χ3v) is 0.631. The first-order chi connectivity index (χ1) is 4.22. The van der Waals surface area contributed by atoms with Crippen LogP contribution in [0.4, 0.5) is 4.39 Å². The van der Waals surface area contributed by atoms with Crippen LogP contribution in [0.1, 0.15) is 8.35 Å². The summed E-state index contributed by atoms with van der Waals surface area (Å²) in [6.45, 7) is 1.63. The molecule has 0 fully saturated rings. The van der Waals surface area contributed by atoms with E-state index in [0.29, 0.717) is 0 Å². The number of halogens is 1. The van der Waals surface area contributed by atoms with Crippen LogP contribution in [0.5, 0.6) is 0 Å². The Hall–Kier alpha value is 0.0700. The van der Waals surface area contributed by atoms with E-state index in [1.165, 1.54) is 6.92 Å². The first-order valence-corrected chi connectivity index (χ1v) is 2.48. The van der Waals surface area contributed by atoms with Gasteiger partial charge in [0.1, 0.15) is 0 Å². The van der Waals surface area contributed by atoms with Crippen molar-refractivity contribution in [3.05, 3.63) is 0 Å². The molecule has 0 spiro atoms. The van der Waals surface area contributed by atoms with E-state index in [0.717, 1.165) is 0 Å². The van der Waals surface area contributed by atoms with Crippen LogP contribution >= 0.6 is 0 Å². The molecule has 0 bridgehead atoms. The van der Waals surface area contributed by atoms with Gasteiger partial charge in [-0.15, -0.1) is 0 Å². The standard InChI is InChI=1S/C5H7FO3.Na.H/c1-2-9-5(8)4(6)3-7;;/h3-4H,2H2,1H3;;/q;+1;-1. The number of carbonyl (C=O) groups is 2. The molecule has 0 heterocycles. The van der Waals surface area contributed by atoms with E-state index in [4.69, 9.17) is 0 Å². The summed E-state index contributed by atoms with van der Waals surface area (Å²) in [6.07, 6.45) is -2.22. The van der Waals surface area contributed by atoms with Crippen LogP contribution in [0.15, 0.2) is 0 Å². The van der Waals surface area contributed by atoms with Crippen LogP contribution in [-0.2, 0) is 14.3 Å². The van der Waals surface area contributed by atoms with Gasteiger partial charge in [-0.05, 0) is 6.92 Å². The molecule has 0 saturated heterocycles. The fourth-order valence-electron chi connectivity index (χ4n) is 0.277. The van der Waals surface area contributed by atoms with Crippen molar-refractivity contribution in [1.29, 1.82) is 0 Å². The molecule has 5 heteroatoms. The van der Waals surface area contributed by atoms with Gasteiger partial charge in [0, 0.05) is 0 Å². The molecule has 0 saturated carbocycles. The number of hydrogen-bond acceptors (Lipinski definition) is 3. The van der Waals surface area contributed by atoms with Crippen LogP contribution in [0, 0.1) is 0 Å². The molecule has 54 valence electrons. The maximum absolute atomic E-state index is 11.9. The van der Waals surface area contributed by atoms with Crippen LogP contribution in [0.2, 0.25) is 0 Å². The van der Waals surface area contributed by atoms with Gasteiger partial charge in [-0.3, -0.25) is 4.79 Å². The van der Waals surface area contributed by atoms with Gasteiger partial charge in [-0.2, -0.15) is 0 Å². The predicted octanol–water partition coefficient (Wildman–Crippen LogP) is -2.80. The minimum atomic E-state index is -2.12. The molecule has 0 aromatic heterocycles. The fourth-order valence-corrected chi connectivity index (χ4v) is 0.277. The summed E-state index contributed by atoms with van der Waals surface area (Å²) in [5.41, 5.74) is 0. The summed E-state index contributed by atoms with van der Waals surface area (Å²) in [5.74, 6) is -1.12. The summed E-state index contributed by atoms with van der Waals surface area (Å²) in [7, 11) is 0. The van der Waals surface area contributed by atoms with Crippen molar-refractivity contribution in [3.63, 3.8) is 0 Å². The molecular formula is C5H8FNaO3. The Bertz CT molecular complexity index is 122. The van der Waals surface area contributed by atoms with Crippen molar-refractivity contribution in [1.82, 2.24) is 0 Å². The number of rotatable bonds is 3. The van der Waals surface area contributed by atoms with Crippen LogP contribution < -0.4 is 29.6 Å². The van der Waals surface area contributed by atoms with E-state index in [-0.39, 0.29) is 43.9 Å². The summed E-state index contributed by atoms with van der Waals surface area (Å²) in [6, 6.07) is 0. The van der Waals surface area contributed by atoms with Gasteiger partial charge in [0.15, 0.2) is 6.29 Å². The first-order valence-electron chi connectivity index (χ1n) is 2.48. The Morgan fingerprint density at radius 1 is 1.90 bits per heavy atom. The zero-order chi connectivity index (χ0) is 7.28. The minimum Gasteiger partial charge on any atom is -1.00 e. The molecular weight excluding hydrogens is 150 g/mol. The molecule has 0 aromatic rings. The molecule has 0 aromatic carbocycles. The number of carbonyl (C=O) groups excluding carboxylic acids is 2. The van der Waals surface area contributed by atoms with Gasteiger partial charge in [-0.25, -0.2) is 9.18 Å². The second-order valence-corrected chi connectivity index (χ2v) is 1.29. The zero-order valence-corrected chi connectivity index (χ0v) is 7.96. The average molecular weight is 158 g/mol. The quantitative estimate of drug-likeness (QED) is 0.193. The largest absolute Gasteiger partial charge is 1.00 e.